The monoisotopic (exact) mass is 280 g/mol. The summed E-state index contributed by atoms with van der Waals surface area (Å²) in [5.74, 6) is 0.436. The average molecular weight is 280 g/mol. The molecule has 112 valence electrons. The summed E-state index contributed by atoms with van der Waals surface area (Å²) < 4.78 is 36.2. The van der Waals surface area contributed by atoms with Crippen LogP contribution >= 0.6 is 0 Å². The smallest absolute Gasteiger partial charge is 0.326 e. The van der Waals surface area contributed by atoms with Crippen molar-refractivity contribution in [2.24, 2.45) is 5.92 Å². The number of carbonyl (C=O) groups is 1. The molecule has 19 heavy (non-hydrogen) atoms. The van der Waals surface area contributed by atoms with Gasteiger partial charge in [0.2, 0.25) is 5.91 Å². The summed E-state index contributed by atoms with van der Waals surface area (Å²) in [5.41, 5.74) is 0. The number of hydrogen-bond donors (Lipinski definition) is 1. The first-order valence-electron chi connectivity index (χ1n) is 6.84. The Kier molecular flexibility index (Phi) is 5.64. The number of nitrogens with one attached hydrogen (secondary N) is 1. The molecule has 1 aliphatic heterocycles. The van der Waals surface area contributed by atoms with Gasteiger partial charge in [0.25, 0.3) is 0 Å². The summed E-state index contributed by atoms with van der Waals surface area (Å²) in [6, 6.07) is -0.230. The zero-order valence-corrected chi connectivity index (χ0v) is 11.8. The quantitative estimate of drug-likeness (QED) is 0.759. The fraction of sp³-hybridized carbons (Fsp3) is 0.923. The number of amides is 1. The molecule has 0 bridgehead atoms. The van der Waals surface area contributed by atoms with Crippen LogP contribution in [0.3, 0.4) is 0 Å². The van der Waals surface area contributed by atoms with Gasteiger partial charge in [-0.3, -0.25) is 10.1 Å². The number of rotatable bonds is 6. The molecule has 0 spiro atoms. The molecule has 0 aromatic rings. The summed E-state index contributed by atoms with van der Waals surface area (Å²) in [5, 5.41) is 3.20. The van der Waals surface area contributed by atoms with E-state index in [-0.39, 0.29) is 24.5 Å². The molecule has 1 amide bonds. The van der Waals surface area contributed by atoms with Crippen LogP contribution in [-0.4, -0.2) is 35.7 Å². The zero-order chi connectivity index (χ0) is 14.6. The molecule has 2 unspecified atom stereocenters. The molecular weight excluding hydrogens is 257 g/mol. The average Bonchev–Trinajstić information content (AvgIpc) is 2.49. The third kappa shape index (κ3) is 5.38. The number of halogens is 3. The van der Waals surface area contributed by atoms with Crippen molar-refractivity contribution < 1.29 is 18.0 Å². The van der Waals surface area contributed by atoms with E-state index in [0.717, 1.165) is 6.42 Å². The van der Waals surface area contributed by atoms with Crippen LogP contribution in [0, 0.1) is 5.92 Å². The molecule has 1 rings (SSSR count). The highest BCUT2D eigenvalue weighted by atomic mass is 19.4. The third-order valence-corrected chi connectivity index (χ3v) is 3.28. The van der Waals surface area contributed by atoms with E-state index in [4.69, 9.17) is 0 Å². The van der Waals surface area contributed by atoms with Crippen molar-refractivity contribution >= 4 is 5.91 Å². The van der Waals surface area contributed by atoms with Crippen molar-refractivity contribution in [2.75, 3.05) is 6.54 Å². The fourth-order valence-electron chi connectivity index (χ4n) is 2.37. The summed E-state index contributed by atoms with van der Waals surface area (Å²) >= 11 is 0. The maximum atomic E-state index is 12.1. The molecule has 0 radical (unpaired) electrons. The van der Waals surface area contributed by atoms with Crippen LogP contribution in [0.25, 0.3) is 0 Å². The Morgan fingerprint density at radius 3 is 2.47 bits per heavy atom. The predicted octanol–water partition coefficient (Wildman–Crippen LogP) is 2.91. The van der Waals surface area contributed by atoms with Crippen LogP contribution in [0.1, 0.15) is 46.5 Å². The number of carbonyl (C=O) groups excluding carboxylic acids is 1. The van der Waals surface area contributed by atoms with Crippen molar-refractivity contribution in [2.45, 2.75) is 64.8 Å². The van der Waals surface area contributed by atoms with Gasteiger partial charge in [0.1, 0.15) is 0 Å². The number of hydrogen-bond acceptors (Lipinski definition) is 2. The molecule has 1 fully saturated rings. The van der Waals surface area contributed by atoms with Gasteiger partial charge < -0.3 is 4.90 Å². The van der Waals surface area contributed by atoms with Gasteiger partial charge in [-0.15, -0.1) is 0 Å². The summed E-state index contributed by atoms with van der Waals surface area (Å²) in [6.07, 6.45) is -3.60. The standard InChI is InChI=1S/C13H23F3N2O/c1-9(2)8-11-17-10(3)12(19)18(11)7-5-4-6-13(14,15)16/h9-11,17H,4-8H2,1-3H3. The van der Waals surface area contributed by atoms with E-state index in [1.165, 1.54) is 0 Å². The van der Waals surface area contributed by atoms with E-state index in [1.54, 1.807) is 11.8 Å². The Labute approximate surface area is 112 Å². The van der Waals surface area contributed by atoms with Crippen LogP contribution in [-0.2, 0) is 4.79 Å². The molecule has 1 aliphatic rings. The van der Waals surface area contributed by atoms with Crippen LogP contribution in [0.4, 0.5) is 13.2 Å². The maximum absolute atomic E-state index is 12.1. The first-order chi connectivity index (χ1) is 8.70. The molecule has 2 atom stereocenters. The lowest BCUT2D eigenvalue weighted by molar-refractivity contribution is -0.136. The van der Waals surface area contributed by atoms with E-state index in [1.807, 2.05) is 0 Å². The van der Waals surface area contributed by atoms with E-state index < -0.39 is 12.6 Å². The molecular formula is C13H23F3N2O. The molecule has 0 aromatic heterocycles. The Morgan fingerprint density at radius 2 is 1.95 bits per heavy atom. The van der Waals surface area contributed by atoms with Crippen LogP contribution in [0.15, 0.2) is 0 Å². The lowest BCUT2D eigenvalue weighted by atomic mass is 10.1. The number of alkyl halides is 3. The van der Waals surface area contributed by atoms with E-state index in [2.05, 4.69) is 19.2 Å². The van der Waals surface area contributed by atoms with Gasteiger partial charge in [0.15, 0.2) is 0 Å². The molecule has 6 heteroatoms. The first kappa shape index (κ1) is 16.3. The van der Waals surface area contributed by atoms with Crippen molar-refractivity contribution in [3.05, 3.63) is 0 Å². The Morgan fingerprint density at radius 1 is 1.32 bits per heavy atom. The fourth-order valence-corrected chi connectivity index (χ4v) is 2.37. The van der Waals surface area contributed by atoms with E-state index in [0.29, 0.717) is 18.9 Å². The minimum Gasteiger partial charge on any atom is -0.326 e. The predicted molar refractivity (Wildman–Crippen MR) is 67.5 cm³/mol. The van der Waals surface area contributed by atoms with Crippen molar-refractivity contribution in [1.82, 2.24) is 10.2 Å². The Balaban J connectivity index is 2.42. The number of unbranched alkanes of at least 4 members (excludes halogenated alkanes) is 1. The molecule has 0 aromatic carbocycles. The van der Waals surface area contributed by atoms with Gasteiger partial charge in [0, 0.05) is 13.0 Å². The van der Waals surface area contributed by atoms with Crippen molar-refractivity contribution in [1.29, 1.82) is 0 Å². The summed E-state index contributed by atoms with van der Waals surface area (Å²) in [7, 11) is 0. The Hall–Kier alpha value is -0.780. The minimum atomic E-state index is -4.10. The largest absolute Gasteiger partial charge is 0.389 e. The lowest BCUT2D eigenvalue weighted by Gasteiger charge is -2.25. The van der Waals surface area contributed by atoms with Gasteiger partial charge in [-0.05, 0) is 32.1 Å². The van der Waals surface area contributed by atoms with Gasteiger partial charge in [-0.1, -0.05) is 13.8 Å². The number of nitrogens with zero attached hydrogens (tertiary/aromatic N) is 1. The SMILES string of the molecule is CC(C)CC1NC(C)C(=O)N1CCCCC(F)(F)F. The molecule has 1 heterocycles. The van der Waals surface area contributed by atoms with E-state index >= 15 is 0 Å². The second-order valence-corrected chi connectivity index (χ2v) is 5.64. The van der Waals surface area contributed by atoms with Gasteiger partial charge in [0.05, 0.1) is 12.2 Å². The lowest BCUT2D eigenvalue weighted by Crippen LogP contribution is -2.39. The second-order valence-electron chi connectivity index (χ2n) is 5.64. The highest BCUT2D eigenvalue weighted by Gasteiger charge is 2.36. The first-order valence-corrected chi connectivity index (χ1v) is 6.84. The van der Waals surface area contributed by atoms with Crippen molar-refractivity contribution in [3.63, 3.8) is 0 Å². The molecule has 1 saturated heterocycles. The van der Waals surface area contributed by atoms with Crippen LogP contribution in [0.2, 0.25) is 0 Å². The molecule has 0 aliphatic carbocycles. The maximum Gasteiger partial charge on any atom is 0.389 e. The van der Waals surface area contributed by atoms with Gasteiger partial charge in [-0.2, -0.15) is 13.2 Å². The van der Waals surface area contributed by atoms with Crippen molar-refractivity contribution in [3.8, 4) is 0 Å². The van der Waals surface area contributed by atoms with E-state index in [9.17, 15) is 18.0 Å². The molecule has 0 saturated carbocycles. The second kappa shape index (κ2) is 6.59. The molecule has 3 nitrogen and oxygen atoms in total. The highest BCUT2D eigenvalue weighted by molar-refractivity contribution is 5.83. The topological polar surface area (TPSA) is 32.3 Å². The summed E-state index contributed by atoms with van der Waals surface area (Å²) in [4.78, 5) is 13.6. The van der Waals surface area contributed by atoms with Crippen LogP contribution in [0.5, 0.6) is 0 Å². The zero-order valence-electron chi connectivity index (χ0n) is 11.8. The molecule has 1 N–H and O–H groups in total. The van der Waals surface area contributed by atoms with Crippen LogP contribution < -0.4 is 5.32 Å². The summed E-state index contributed by atoms with van der Waals surface area (Å²) in [6.45, 7) is 6.34. The minimum absolute atomic E-state index is 0.00217. The third-order valence-electron chi connectivity index (χ3n) is 3.28. The Bertz CT molecular complexity index is 305. The normalized spacial score (nSPS) is 24.6. The highest BCUT2D eigenvalue weighted by Crippen LogP contribution is 2.23. The van der Waals surface area contributed by atoms with Gasteiger partial charge in [-0.25, -0.2) is 0 Å². The van der Waals surface area contributed by atoms with Gasteiger partial charge >= 0.3 is 6.18 Å².